The molecule has 92 valence electrons. The summed E-state index contributed by atoms with van der Waals surface area (Å²) in [7, 11) is 0. The third-order valence-corrected chi connectivity index (χ3v) is 2.62. The molecule has 1 atom stereocenters. The molecule has 1 aromatic rings. The molecule has 0 spiro atoms. The van der Waals surface area contributed by atoms with Gasteiger partial charge in [-0.1, -0.05) is 5.16 Å². The Morgan fingerprint density at radius 3 is 2.88 bits per heavy atom. The zero-order valence-electron chi connectivity index (χ0n) is 8.83. The average molecular weight is 304 g/mol. The van der Waals surface area contributed by atoms with Crippen LogP contribution in [0.1, 0.15) is 6.92 Å². The van der Waals surface area contributed by atoms with Crippen LogP contribution in [0.25, 0.3) is 0 Å². The van der Waals surface area contributed by atoms with Crippen LogP contribution >= 0.6 is 15.9 Å². The standard InChI is InChI=1S/C9H10BrN3O4/c1-5(9(11)12-14)17-8-4-6(13(15)16)2-3-7(8)10/h2-5,14H,1H3,(H2,11,12). The molecule has 0 fully saturated rings. The van der Waals surface area contributed by atoms with Gasteiger partial charge < -0.3 is 15.7 Å². The summed E-state index contributed by atoms with van der Waals surface area (Å²) in [5.74, 6) is 0.127. The Kier molecular flexibility index (Phi) is 4.27. The van der Waals surface area contributed by atoms with Crippen molar-refractivity contribution in [3.63, 3.8) is 0 Å². The maximum absolute atomic E-state index is 10.6. The Labute approximate surface area is 105 Å². The highest BCUT2D eigenvalue weighted by Crippen LogP contribution is 2.29. The van der Waals surface area contributed by atoms with Gasteiger partial charge in [0.15, 0.2) is 11.9 Å². The fourth-order valence-corrected chi connectivity index (χ4v) is 1.37. The smallest absolute Gasteiger partial charge is 0.273 e. The van der Waals surface area contributed by atoms with Gasteiger partial charge in [-0.3, -0.25) is 10.1 Å². The van der Waals surface area contributed by atoms with Crippen molar-refractivity contribution in [2.75, 3.05) is 0 Å². The van der Waals surface area contributed by atoms with Crippen LogP contribution in [0.4, 0.5) is 5.69 Å². The minimum absolute atomic E-state index is 0.102. The van der Waals surface area contributed by atoms with Crippen LogP contribution in [-0.2, 0) is 0 Å². The molecule has 0 saturated carbocycles. The molecule has 0 amide bonds. The van der Waals surface area contributed by atoms with E-state index >= 15 is 0 Å². The monoisotopic (exact) mass is 303 g/mol. The number of ether oxygens (including phenoxy) is 1. The lowest BCUT2D eigenvalue weighted by atomic mass is 10.3. The zero-order valence-corrected chi connectivity index (χ0v) is 10.4. The van der Waals surface area contributed by atoms with E-state index in [-0.39, 0.29) is 17.3 Å². The second-order valence-corrected chi connectivity index (χ2v) is 4.01. The van der Waals surface area contributed by atoms with Crippen molar-refractivity contribution in [2.45, 2.75) is 13.0 Å². The van der Waals surface area contributed by atoms with Crippen molar-refractivity contribution in [2.24, 2.45) is 10.9 Å². The fraction of sp³-hybridized carbons (Fsp3) is 0.222. The minimum Gasteiger partial charge on any atom is -0.481 e. The molecule has 0 aliphatic rings. The Hall–Kier alpha value is -1.83. The normalized spacial score (nSPS) is 13.2. The summed E-state index contributed by atoms with van der Waals surface area (Å²) >= 11 is 3.19. The molecule has 0 aromatic heterocycles. The SMILES string of the molecule is CC(Oc1cc([N+](=O)[O-])ccc1Br)/C(N)=N/O. The van der Waals surface area contributed by atoms with Crippen LogP contribution in [-0.4, -0.2) is 22.1 Å². The number of nitrogens with two attached hydrogens (primary N) is 1. The van der Waals surface area contributed by atoms with Gasteiger partial charge in [-0.25, -0.2) is 0 Å². The summed E-state index contributed by atoms with van der Waals surface area (Å²) in [6, 6.07) is 4.09. The number of benzene rings is 1. The highest BCUT2D eigenvalue weighted by Gasteiger charge is 2.15. The molecule has 7 nitrogen and oxygen atoms in total. The molecule has 3 N–H and O–H groups in total. The molecule has 8 heteroatoms. The van der Waals surface area contributed by atoms with E-state index in [1.807, 2.05) is 0 Å². The number of oxime groups is 1. The molecular formula is C9H10BrN3O4. The molecular weight excluding hydrogens is 294 g/mol. The molecule has 0 aliphatic heterocycles. The van der Waals surface area contributed by atoms with Crippen LogP contribution in [0.5, 0.6) is 5.75 Å². The summed E-state index contributed by atoms with van der Waals surface area (Å²) in [6.45, 7) is 1.56. The second-order valence-electron chi connectivity index (χ2n) is 3.16. The lowest BCUT2D eigenvalue weighted by Crippen LogP contribution is -2.31. The average Bonchev–Trinajstić information content (AvgIpc) is 2.30. The first kappa shape index (κ1) is 13.2. The highest BCUT2D eigenvalue weighted by atomic mass is 79.9. The number of nitrogens with zero attached hydrogens (tertiary/aromatic N) is 2. The molecule has 0 bridgehead atoms. The molecule has 1 rings (SSSR count). The number of rotatable bonds is 4. The summed E-state index contributed by atoms with van der Waals surface area (Å²) < 4.78 is 5.86. The lowest BCUT2D eigenvalue weighted by Gasteiger charge is -2.13. The molecule has 0 radical (unpaired) electrons. The number of nitro benzene ring substituents is 1. The number of hydrogen-bond donors (Lipinski definition) is 2. The van der Waals surface area contributed by atoms with E-state index in [1.54, 1.807) is 6.92 Å². The summed E-state index contributed by atoms with van der Waals surface area (Å²) in [5.41, 5.74) is 5.24. The molecule has 17 heavy (non-hydrogen) atoms. The number of amidine groups is 1. The van der Waals surface area contributed by atoms with Crippen molar-refractivity contribution < 1.29 is 14.9 Å². The van der Waals surface area contributed by atoms with Crippen LogP contribution in [0, 0.1) is 10.1 Å². The summed E-state index contributed by atoms with van der Waals surface area (Å²) in [4.78, 5) is 10.1. The minimum atomic E-state index is -0.696. The Bertz CT molecular complexity index is 464. The maximum atomic E-state index is 10.6. The Morgan fingerprint density at radius 2 is 2.35 bits per heavy atom. The molecule has 0 aliphatic carbocycles. The number of nitro groups is 1. The van der Waals surface area contributed by atoms with Gasteiger partial charge in [0.1, 0.15) is 5.75 Å². The molecule has 1 aromatic carbocycles. The lowest BCUT2D eigenvalue weighted by molar-refractivity contribution is -0.385. The van der Waals surface area contributed by atoms with Crippen molar-refractivity contribution >= 4 is 27.5 Å². The third-order valence-electron chi connectivity index (χ3n) is 1.96. The topological polar surface area (TPSA) is 111 Å². The van der Waals surface area contributed by atoms with Crippen LogP contribution < -0.4 is 10.5 Å². The van der Waals surface area contributed by atoms with Gasteiger partial charge in [-0.05, 0) is 28.9 Å². The predicted molar refractivity (Wildman–Crippen MR) is 64.3 cm³/mol. The largest absolute Gasteiger partial charge is 0.481 e. The maximum Gasteiger partial charge on any atom is 0.273 e. The Morgan fingerprint density at radius 1 is 1.71 bits per heavy atom. The molecule has 0 saturated heterocycles. The molecule has 1 unspecified atom stereocenters. The van der Waals surface area contributed by atoms with Gasteiger partial charge in [0.25, 0.3) is 5.69 Å². The first-order valence-electron chi connectivity index (χ1n) is 4.53. The number of hydrogen-bond acceptors (Lipinski definition) is 5. The highest BCUT2D eigenvalue weighted by molar-refractivity contribution is 9.10. The van der Waals surface area contributed by atoms with Gasteiger partial charge in [-0.15, -0.1) is 0 Å². The number of halogens is 1. The van der Waals surface area contributed by atoms with E-state index in [1.165, 1.54) is 18.2 Å². The van der Waals surface area contributed by atoms with Gasteiger partial charge >= 0.3 is 0 Å². The van der Waals surface area contributed by atoms with Gasteiger partial charge in [-0.2, -0.15) is 0 Å². The van der Waals surface area contributed by atoms with Crippen molar-refractivity contribution in [3.05, 3.63) is 32.8 Å². The fourth-order valence-electron chi connectivity index (χ4n) is 1.03. The quantitative estimate of drug-likeness (QED) is 0.290. The first-order chi connectivity index (χ1) is 7.95. The van der Waals surface area contributed by atoms with Gasteiger partial charge in [0, 0.05) is 6.07 Å². The van der Waals surface area contributed by atoms with E-state index in [9.17, 15) is 10.1 Å². The number of non-ortho nitro benzene ring substituents is 1. The molecule has 0 heterocycles. The van der Waals surface area contributed by atoms with Crippen molar-refractivity contribution in [1.82, 2.24) is 0 Å². The van der Waals surface area contributed by atoms with E-state index in [2.05, 4.69) is 21.1 Å². The summed E-state index contributed by atoms with van der Waals surface area (Å²) in [6.07, 6.45) is -0.696. The van der Waals surface area contributed by atoms with E-state index in [4.69, 9.17) is 15.7 Å². The predicted octanol–water partition coefficient (Wildman–Crippen LogP) is 1.87. The van der Waals surface area contributed by atoms with E-state index in [0.29, 0.717) is 4.47 Å². The van der Waals surface area contributed by atoms with Crippen molar-refractivity contribution in [3.8, 4) is 5.75 Å². The Balaban J connectivity index is 2.97. The zero-order chi connectivity index (χ0) is 13.0. The van der Waals surface area contributed by atoms with E-state index in [0.717, 1.165) is 0 Å². The first-order valence-corrected chi connectivity index (χ1v) is 5.33. The van der Waals surface area contributed by atoms with Gasteiger partial charge in [0.05, 0.1) is 15.5 Å². The second kappa shape index (κ2) is 5.48. The van der Waals surface area contributed by atoms with E-state index < -0.39 is 11.0 Å². The van der Waals surface area contributed by atoms with Crippen molar-refractivity contribution in [1.29, 1.82) is 0 Å². The third kappa shape index (κ3) is 3.31. The van der Waals surface area contributed by atoms with Crippen LogP contribution in [0.15, 0.2) is 27.8 Å². The van der Waals surface area contributed by atoms with Crippen LogP contribution in [0.2, 0.25) is 0 Å². The summed E-state index contributed by atoms with van der Waals surface area (Å²) in [5, 5.41) is 21.8. The van der Waals surface area contributed by atoms with Gasteiger partial charge in [0.2, 0.25) is 0 Å². The van der Waals surface area contributed by atoms with Crippen LogP contribution in [0.3, 0.4) is 0 Å².